The lowest BCUT2D eigenvalue weighted by molar-refractivity contribution is -0.143. The van der Waals surface area contributed by atoms with Gasteiger partial charge in [0.15, 0.2) is 11.5 Å². The summed E-state index contributed by atoms with van der Waals surface area (Å²) >= 11 is 0. The third-order valence-electron chi connectivity index (χ3n) is 7.25. The number of hydrogen-bond donors (Lipinski definition) is 3. The molecule has 4 amide bonds. The van der Waals surface area contributed by atoms with Gasteiger partial charge in [-0.05, 0) is 42.3 Å². The molecule has 35 heavy (non-hydrogen) atoms. The monoisotopic (exact) mass is 480 g/mol. The first-order valence-corrected chi connectivity index (χ1v) is 11.2. The van der Waals surface area contributed by atoms with Crippen molar-refractivity contribution in [2.75, 3.05) is 12.1 Å². The van der Waals surface area contributed by atoms with Crippen molar-refractivity contribution in [3.05, 3.63) is 53.3 Å². The second-order valence-electron chi connectivity index (χ2n) is 9.16. The summed E-state index contributed by atoms with van der Waals surface area (Å²) in [6.45, 7) is 0.0584. The normalized spacial score (nSPS) is 28.0. The average Bonchev–Trinajstić information content (AvgIpc) is 3.55. The number of primary amides is 1. The number of ether oxygens (including phenoxy) is 2. The van der Waals surface area contributed by atoms with Gasteiger partial charge in [0, 0.05) is 23.7 Å². The molecule has 0 radical (unpaired) electrons. The summed E-state index contributed by atoms with van der Waals surface area (Å²) in [5.74, 6) is -3.64. The van der Waals surface area contributed by atoms with E-state index in [1.54, 1.807) is 18.2 Å². The Morgan fingerprint density at radius 2 is 1.91 bits per heavy atom. The summed E-state index contributed by atoms with van der Waals surface area (Å²) in [5.41, 5.74) is 4.98. The van der Waals surface area contributed by atoms with Crippen molar-refractivity contribution in [3.8, 4) is 11.5 Å². The number of carbonyl (C=O) groups excluding carboxylic acids is 4. The van der Waals surface area contributed by atoms with E-state index in [-0.39, 0.29) is 31.7 Å². The molecular formula is C24H21FN4O6. The molecule has 2 unspecified atom stereocenters. The Balaban J connectivity index is 1.40. The van der Waals surface area contributed by atoms with Gasteiger partial charge < -0.3 is 20.5 Å². The molecule has 4 N–H and O–H groups in total. The van der Waals surface area contributed by atoms with E-state index >= 15 is 0 Å². The van der Waals surface area contributed by atoms with Crippen LogP contribution in [0.25, 0.3) is 0 Å². The zero-order chi connectivity index (χ0) is 24.5. The maximum Gasteiger partial charge on any atom is 0.250 e. The standard InChI is InChI=1S/C24H21FN4O6/c25-12-2-3-14-13(8-12)24(23(33)27-14)20-19(15(28-24)4-6-18(26)30)21(31)29(22(20)32)9-11-1-5-16-17(7-11)35-10-34-16/h1-3,5,7-8,15,19-20,28H,4,6,9-10H2,(H2,26,30)(H,27,33)/t15?,19-,20+,24?/m1/s1. The topological polar surface area (TPSA) is 140 Å². The van der Waals surface area contributed by atoms with Crippen LogP contribution in [0.2, 0.25) is 0 Å². The van der Waals surface area contributed by atoms with Gasteiger partial charge in [0.1, 0.15) is 11.4 Å². The minimum Gasteiger partial charge on any atom is -0.454 e. The van der Waals surface area contributed by atoms with E-state index in [2.05, 4.69) is 10.6 Å². The third-order valence-corrected chi connectivity index (χ3v) is 7.25. The van der Waals surface area contributed by atoms with Gasteiger partial charge in [-0.1, -0.05) is 6.07 Å². The molecule has 2 aromatic rings. The Bertz CT molecular complexity index is 1310. The first kappa shape index (κ1) is 21.5. The number of nitrogens with zero attached hydrogens (tertiary/aromatic N) is 1. The van der Waals surface area contributed by atoms with Gasteiger partial charge in [-0.2, -0.15) is 0 Å². The summed E-state index contributed by atoms with van der Waals surface area (Å²) in [6, 6.07) is 8.28. The van der Waals surface area contributed by atoms with E-state index in [1.807, 2.05) is 0 Å². The molecule has 2 aromatic carbocycles. The van der Waals surface area contributed by atoms with Crippen molar-refractivity contribution in [1.29, 1.82) is 0 Å². The molecule has 0 aromatic heterocycles. The number of benzene rings is 2. The number of likely N-dealkylation sites (tertiary alicyclic amines) is 1. The maximum absolute atomic E-state index is 14.3. The van der Waals surface area contributed by atoms with Gasteiger partial charge in [0.25, 0.3) is 0 Å². The SMILES string of the molecule is NC(=O)CCC1NC2(C(=O)Nc3ccc(F)cc32)[C@@H]2C(=O)N(Cc3ccc4c(c3)OCO4)C(=O)[C@H]12. The van der Waals surface area contributed by atoms with E-state index in [0.717, 1.165) is 4.90 Å². The number of nitrogens with one attached hydrogen (secondary N) is 2. The fraction of sp³-hybridized carbons (Fsp3) is 0.333. The number of halogens is 1. The van der Waals surface area contributed by atoms with Crippen molar-refractivity contribution in [1.82, 2.24) is 10.2 Å². The second kappa shape index (κ2) is 7.51. The molecule has 2 fully saturated rings. The lowest BCUT2D eigenvalue weighted by atomic mass is 9.76. The molecule has 4 heterocycles. The Hall–Kier alpha value is -3.99. The molecular weight excluding hydrogens is 459 g/mol. The van der Waals surface area contributed by atoms with E-state index in [0.29, 0.717) is 22.7 Å². The van der Waals surface area contributed by atoms with Crippen LogP contribution in [-0.4, -0.2) is 41.4 Å². The number of rotatable bonds is 5. The number of amides is 4. The third kappa shape index (κ3) is 3.04. The van der Waals surface area contributed by atoms with Crippen LogP contribution in [0.5, 0.6) is 11.5 Å². The average molecular weight is 480 g/mol. The van der Waals surface area contributed by atoms with Gasteiger partial charge in [-0.25, -0.2) is 4.39 Å². The van der Waals surface area contributed by atoms with Gasteiger partial charge in [-0.3, -0.25) is 29.4 Å². The Labute approximate surface area is 198 Å². The fourth-order valence-electron chi connectivity index (χ4n) is 5.76. The van der Waals surface area contributed by atoms with Crippen molar-refractivity contribution in [3.63, 3.8) is 0 Å². The van der Waals surface area contributed by atoms with Gasteiger partial charge in [-0.15, -0.1) is 0 Å². The van der Waals surface area contributed by atoms with Gasteiger partial charge >= 0.3 is 0 Å². The minimum atomic E-state index is -1.64. The smallest absolute Gasteiger partial charge is 0.250 e. The van der Waals surface area contributed by atoms with Crippen LogP contribution in [-0.2, 0) is 31.3 Å². The quantitative estimate of drug-likeness (QED) is 0.536. The molecule has 0 bridgehead atoms. The highest BCUT2D eigenvalue weighted by molar-refractivity contribution is 6.15. The molecule has 0 saturated carbocycles. The summed E-state index contributed by atoms with van der Waals surface area (Å²) in [6.07, 6.45) is 0.102. The molecule has 6 rings (SSSR count). The number of fused-ring (bicyclic) bond motifs is 5. The highest BCUT2D eigenvalue weighted by Gasteiger charge is 2.70. The molecule has 0 aliphatic carbocycles. The Morgan fingerprint density at radius 3 is 2.71 bits per heavy atom. The minimum absolute atomic E-state index is 0.0302. The predicted octanol–water partition coefficient (Wildman–Crippen LogP) is 0.740. The van der Waals surface area contributed by atoms with Crippen LogP contribution in [0.1, 0.15) is 24.0 Å². The zero-order valence-electron chi connectivity index (χ0n) is 18.4. The first-order chi connectivity index (χ1) is 16.8. The second-order valence-corrected chi connectivity index (χ2v) is 9.16. The summed E-state index contributed by atoms with van der Waals surface area (Å²) in [7, 11) is 0. The molecule has 4 atom stereocenters. The molecule has 180 valence electrons. The number of imide groups is 1. The molecule has 10 nitrogen and oxygen atoms in total. The number of nitrogens with two attached hydrogens (primary N) is 1. The molecule has 1 spiro atoms. The highest BCUT2D eigenvalue weighted by Crippen LogP contribution is 2.53. The Morgan fingerprint density at radius 1 is 1.11 bits per heavy atom. The lowest BCUT2D eigenvalue weighted by Crippen LogP contribution is -2.53. The molecule has 11 heteroatoms. The summed E-state index contributed by atoms with van der Waals surface area (Å²) < 4.78 is 25.0. The van der Waals surface area contributed by atoms with Crippen LogP contribution in [0, 0.1) is 17.7 Å². The first-order valence-electron chi connectivity index (χ1n) is 11.2. The molecule has 4 aliphatic rings. The zero-order valence-corrected chi connectivity index (χ0v) is 18.4. The van der Waals surface area contributed by atoms with Crippen molar-refractivity contribution in [2.24, 2.45) is 17.6 Å². The van der Waals surface area contributed by atoms with Gasteiger partial charge in [0.2, 0.25) is 30.4 Å². The fourth-order valence-corrected chi connectivity index (χ4v) is 5.76. The maximum atomic E-state index is 14.3. The Kier molecular flexibility index (Phi) is 4.62. The van der Waals surface area contributed by atoms with E-state index < -0.39 is 52.9 Å². The van der Waals surface area contributed by atoms with Crippen LogP contribution in [0.3, 0.4) is 0 Å². The summed E-state index contributed by atoms with van der Waals surface area (Å²) in [5, 5.41) is 5.86. The van der Waals surface area contributed by atoms with Crippen LogP contribution in [0.4, 0.5) is 10.1 Å². The van der Waals surface area contributed by atoms with Crippen LogP contribution < -0.4 is 25.8 Å². The van der Waals surface area contributed by atoms with Gasteiger partial charge in [0.05, 0.1) is 18.4 Å². The van der Waals surface area contributed by atoms with Crippen molar-refractivity contribution in [2.45, 2.75) is 31.0 Å². The molecule has 2 saturated heterocycles. The van der Waals surface area contributed by atoms with Crippen molar-refractivity contribution >= 4 is 29.3 Å². The number of hydrogen-bond acceptors (Lipinski definition) is 7. The largest absolute Gasteiger partial charge is 0.454 e. The van der Waals surface area contributed by atoms with Crippen LogP contribution in [0.15, 0.2) is 36.4 Å². The van der Waals surface area contributed by atoms with E-state index in [9.17, 15) is 23.6 Å². The lowest BCUT2D eigenvalue weighted by Gasteiger charge is -2.29. The predicted molar refractivity (Wildman–Crippen MR) is 117 cm³/mol. The molecule has 4 aliphatic heterocycles. The highest BCUT2D eigenvalue weighted by atomic mass is 19.1. The van der Waals surface area contributed by atoms with E-state index in [1.165, 1.54) is 18.2 Å². The van der Waals surface area contributed by atoms with Crippen molar-refractivity contribution < 1.29 is 33.0 Å². The number of carbonyl (C=O) groups is 4. The number of anilines is 1. The van der Waals surface area contributed by atoms with E-state index in [4.69, 9.17) is 15.2 Å². The summed E-state index contributed by atoms with van der Waals surface area (Å²) in [4.78, 5) is 53.3. The van der Waals surface area contributed by atoms with Crippen LogP contribution >= 0.6 is 0 Å².